The van der Waals surface area contributed by atoms with Crippen molar-refractivity contribution in [3.05, 3.63) is 195 Å². The molecule has 3 aliphatic rings. The van der Waals surface area contributed by atoms with E-state index < -0.39 is 76.1 Å². The topological polar surface area (TPSA) is 119 Å². The molecule has 0 atom stereocenters. The summed E-state index contributed by atoms with van der Waals surface area (Å²) in [5.41, 5.74) is -4.89. The number of anilines is 3. The summed E-state index contributed by atoms with van der Waals surface area (Å²) in [6.07, 6.45) is -7.21. The van der Waals surface area contributed by atoms with Gasteiger partial charge in [-0.3, -0.25) is 15.0 Å². The minimum Gasteiger partial charge on any atom is -0.358 e. The van der Waals surface area contributed by atoms with E-state index in [0.717, 1.165) is 35.9 Å². The SMILES string of the molecule is C=C(Nc1ccc(C(F)(F)F)c(F)c1)N1CCC(F)(c2ncccc2F)CC1.Cc1cc(NC(=O)N2CC=C(c3ncccc3F)CC2)ccc1C(F)(F)F.Cc1cc(NC(=O)N2CCC(F)(c3ncccc3Cl)CC2)ccc1C(F)(F)F. The number of carbonyl (C=O) groups is 2. The molecule has 0 spiro atoms. The number of hydrogen-bond acceptors (Lipinski definition) is 7. The molecule has 83 heavy (non-hydrogen) atoms. The van der Waals surface area contributed by atoms with Crippen molar-refractivity contribution in [2.24, 2.45) is 0 Å². The van der Waals surface area contributed by atoms with Crippen LogP contribution < -0.4 is 16.0 Å². The minimum absolute atomic E-state index is 0.0107. The number of urea groups is 2. The van der Waals surface area contributed by atoms with E-state index in [2.05, 4.69) is 37.5 Å². The number of rotatable bonds is 8. The summed E-state index contributed by atoms with van der Waals surface area (Å²) in [6.45, 7) is 7.69. The summed E-state index contributed by atoms with van der Waals surface area (Å²) in [6, 6.07) is 16.9. The molecule has 6 heterocycles. The molecule has 0 aliphatic carbocycles. The highest BCUT2D eigenvalue weighted by molar-refractivity contribution is 6.31. The summed E-state index contributed by atoms with van der Waals surface area (Å²) in [4.78, 5) is 41.2. The van der Waals surface area contributed by atoms with Gasteiger partial charge in [-0.1, -0.05) is 24.3 Å². The third-order valence-corrected chi connectivity index (χ3v) is 14.1. The van der Waals surface area contributed by atoms with Gasteiger partial charge in [0.2, 0.25) is 0 Å². The van der Waals surface area contributed by atoms with Gasteiger partial charge in [-0.05, 0) is 128 Å². The van der Waals surface area contributed by atoms with Gasteiger partial charge in [-0.2, -0.15) is 39.5 Å². The van der Waals surface area contributed by atoms with Crippen molar-refractivity contribution >= 4 is 46.3 Å². The number of aryl methyl sites for hydroxylation is 2. The van der Waals surface area contributed by atoms with Crippen molar-refractivity contribution < 1.29 is 71.1 Å². The first kappa shape index (κ1) is 62.6. The monoisotopic (exact) mass is 1200 g/mol. The number of nitrogens with one attached hydrogen (secondary N) is 3. The molecule has 3 aromatic carbocycles. The fourth-order valence-electron chi connectivity index (χ4n) is 9.38. The molecule has 26 heteroatoms. The Kier molecular flexibility index (Phi) is 19.4. The second-order valence-corrected chi connectivity index (χ2v) is 19.9. The molecule has 0 bridgehead atoms. The van der Waals surface area contributed by atoms with Crippen LogP contribution in [0.3, 0.4) is 0 Å². The number of amides is 4. The van der Waals surface area contributed by atoms with Crippen molar-refractivity contribution in [1.29, 1.82) is 0 Å². The average Bonchev–Trinajstić information content (AvgIpc) is 3.51. The molecule has 4 amide bonds. The van der Waals surface area contributed by atoms with Crippen molar-refractivity contribution in [2.75, 3.05) is 55.2 Å². The Balaban J connectivity index is 0.000000179. The van der Waals surface area contributed by atoms with E-state index in [1.165, 1.54) is 84.7 Å². The van der Waals surface area contributed by atoms with E-state index >= 15 is 8.78 Å². The Morgan fingerprint density at radius 1 is 0.542 bits per heavy atom. The number of piperidine rings is 2. The summed E-state index contributed by atoms with van der Waals surface area (Å²) < 4.78 is 186. The number of aromatic nitrogens is 3. The second kappa shape index (κ2) is 25.7. The summed E-state index contributed by atoms with van der Waals surface area (Å²) in [7, 11) is 0. The van der Waals surface area contributed by atoms with Crippen LogP contribution in [-0.4, -0.2) is 81.0 Å². The van der Waals surface area contributed by atoms with Crippen LogP contribution in [0.15, 0.2) is 128 Å². The maximum atomic E-state index is 15.2. The number of benzene rings is 3. The number of halogens is 15. The molecule has 3 aromatic heterocycles. The lowest BCUT2D eigenvalue weighted by Gasteiger charge is -2.38. The van der Waals surface area contributed by atoms with E-state index in [4.69, 9.17) is 11.6 Å². The third kappa shape index (κ3) is 15.8. The Labute approximate surface area is 472 Å². The normalized spacial score (nSPS) is 16.1. The fourth-order valence-corrected chi connectivity index (χ4v) is 9.67. The predicted octanol–water partition coefficient (Wildman–Crippen LogP) is 15.6. The number of pyridine rings is 3. The van der Waals surface area contributed by atoms with Crippen molar-refractivity contribution in [2.45, 2.75) is 75.8 Å². The highest BCUT2D eigenvalue weighted by Gasteiger charge is 2.42. The van der Waals surface area contributed by atoms with E-state index in [9.17, 15) is 62.3 Å². The summed E-state index contributed by atoms with van der Waals surface area (Å²) in [5, 5.41) is 8.12. The first-order chi connectivity index (χ1) is 39.0. The van der Waals surface area contributed by atoms with Crippen LogP contribution in [-0.2, 0) is 29.9 Å². The average molecular weight is 1200 g/mol. The van der Waals surface area contributed by atoms with Gasteiger partial charge in [-0.15, -0.1) is 0 Å². The molecule has 2 saturated heterocycles. The Hall–Kier alpha value is -7.96. The molecule has 0 saturated carbocycles. The zero-order valence-corrected chi connectivity index (χ0v) is 44.9. The van der Waals surface area contributed by atoms with Crippen LogP contribution in [0.2, 0.25) is 5.02 Å². The number of carbonyl (C=O) groups excluding carboxylic acids is 2. The van der Waals surface area contributed by atoms with Crippen molar-refractivity contribution in [3.63, 3.8) is 0 Å². The zero-order chi connectivity index (χ0) is 60.7. The maximum absolute atomic E-state index is 15.2. The van der Waals surface area contributed by atoms with Crippen molar-refractivity contribution in [3.8, 4) is 0 Å². The number of likely N-dealkylation sites (tertiary alicyclic amines) is 2. The molecule has 3 aliphatic heterocycles. The largest absolute Gasteiger partial charge is 0.419 e. The number of hydrogen-bond donors (Lipinski definition) is 3. The quantitative estimate of drug-likeness (QED) is 0.130. The van der Waals surface area contributed by atoms with Crippen LogP contribution in [0.25, 0.3) is 5.57 Å². The highest BCUT2D eigenvalue weighted by Crippen LogP contribution is 2.41. The Morgan fingerprint density at radius 3 is 1.45 bits per heavy atom. The van der Waals surface area contributed by atoms with E-state index in [-0.39, 0.29) is 115 Å². The van der Waals surface area contributed by atoms with Crippen LogP contribution in [0.4, 0.5) is 88.1 Å². The lowest BCUT2D eigenvalue weighted by atomic mass is 9.89. The van der Waals surface area contributed by atoms with Crippen LogP contribution in [0.5, 0.6) is 0 Å². The maximum Gasteiger partial charge on any atom is 0.419 e. The van der Waals surface area contributed by atoms with Crippen LogP contribution in [0, 0.1) is 31.3 Å². The molecule has 6 aromatic rings. The zero-order valence-electron chi connectivity index (χ0n) is 44.1. The van der Waals surface area contributed by atoms with Crippen molar-refractivity contribution in [1.82, 2.24) is 29.7 Å². The molecule has 3 N–H and O–H groups in total. The molecule has 9 rings (SSSR count). The van der Waals surface area contributed by atoms with E-state index in [1.807, 2.05) is 0 Å². The van der Waals surface area contributed by atoms with Gasteiger partial charge >= 0.3 is 30.6 Å². The lowest BCUT2D eigenvalue weighted by Crippen LogP contribution is -2.45. The van der Waals surface area contributed by atoms with Gasteiger partial charge in [-0.25, -0.2) is 31.5 Å². The first-order valence-corrected chi connectivity index (χ1v) is 25.8. The molecule has 11 nitrogen and oxygen atoms in total. The Bertz CT molecular complexity index is 3200. The molecule has 442 valence electrons. The van der Waals surface area contributed by atoms with Gasteiger partial charge in [0, 0.05) is 101 Å². The molecule has 2 fully saturated rings. The smallest absolute Gasteiger partial charge is 0.358 e. The van der Waals surface area contributed by atoms with Crippen LogP contribution >= 0.6 is 11.6 Å². The van der Waals surface area contributed by atoms with E-state index in [0.29, 0.717) is 19.0 Å². The fraction of sp³-hybridized carbons (Fsp3) is 0.316. The molecular weight excluding hydrogens is 1140 g/mol. The minimum atomic E-state index is -4.78. The van der Waals surface area contributed by atoms with Gasteiger partial charge in [0.25, 0.3) is 0 Å². The third-order valence-electron chi connectivity index (χ3n) is 13.8. The van der Waals surface area contributed by atoms with Gasteiger partial charge in [0.05, 0.1) is 33.2 Å². The van der Waals surface area contributed by atoms with E-state index in [1.54, 1.807) is 23.1 Å². The van der Waals surface area contributed by atoms with Crippen LogP contribution in [0.1, 0.15) is 77.0 Å². The first-order valence-electron chi connectivity index (χ1n) is 25.4. The molecular formula is C57H52ClF14N9O2. The predicted molar refractivity (Wildman–Crippen MR) is 284 cm³/mol. The molecule has 0 unspecified atom stereocenters. The van der Waals surface area contributed by atoms with Gasteiger partial charge in [0.1, 0.15) is 28.8 Å². The molecule has 0 radical (unpaired) electrons. The highest BCUT2D eigenvalue weighted by atomic mass is 35.5. The summed E-state index contributed by atoms with van der Waals surface area (Å²) in [5.74, 6) is -2.25. The standard InChI is InChI=1S/C19H18ClF4N3O.C19H17F6N3.C19H17F4N3O/c1-12-11-13(4-5-14(12)19(22,23)24)26-17(28)27-9-6-18(21,7-10-27)16-15(20)3-2-8-25-16;1-12(27-13-4-5-14(16(21)11-13)19(23,24)25)28-9-6-18(22,7-10-28)17-15(20)3-2-8-26-17;1-12-11-14(4-5-15(12)19(21,22)23)25-18(27)26-9-6-13(7-10-26)17-16(20)3-2-8-24-17/h2-5,8,11H,6-7,9-10H2,1H3,(H,26,28);2-5,8,11,27H,1,6-7,9-10H2;2-6,8,11H,7,9-10H2,1H3,(H,25,27). The van der Waals surface area contributed by atoms with Gasteiger partial charge in [0.15, 0.2) is 11.3 Å². The van der Waals surface area contributed by atoms with Gasteiger partial charge < -0.3 is 30.7 Å². The number of alkyl halides is 11. The second-order valence-electron chi connectivity index (χ2n) is 19.5. The summed E-state index contributed by atoms with van der Waals surface area (Å²) >= 11 is 6.04. The number of nitrogens with zero attached hydrogens (tertiary/aromatic N) is 6. The Morgan fingerprint density at radius 2 is 0.988 bits per heavy atom. The lowest BCUT2D eigenvalue weighted by molar-refractivity contribution is -0.140.